The summed E-state index contributed by atoms with van der Waals surface area (Å²) in [4.78, 5) is 21.9. The van der Waals surface area contributed by atoms with Crippen molar-refractivity contribution in [2.45, 2.75) is 44.1 Å². The lowest BCUT2D eigenvalue weighted by Crippen LogP contribution is -2.56. The minimum atomic E-state index is -0.250. The van der Waals surface area contributed by atoms with E-state index in [0.717, 1.165) is 11.8 Å². The molecule has 2 aliphatic heterocycles. The highest BCUT2D eigenvalue weighted by molar-refractivity contribution is 5.46. The maximum Gasteiger partial charge on any atom is 0.290 e. The fraction of sp³-hybridized carbons (Fsp3) is 0.542. The van der Waals surface area contributed by atoms with Gasteiger partial charge in [-0.05, 0) is 62.7 Å². The highest BCUT2D eigenvalue weighted by atomic mass is 16.5. The molecule has 7 heteroatoms. The molecule has 1 saturated carbocycles. The summed E-state index contributed by atoms with van der Waals surface area (Å²) in [6.45, 7) is 4.54. The van der Waals surface area contributed by atoms with Gasteiger partial charge < -0.3 is 19.6 Å². The molecule has 1 atom stereocenters. The predicted molar refractivity (Wildman–Crippen MR) is 120 cm³/mol. The van der Waals surface area contributed by atoms with Crippen LogP contribution in [0.3, 0.4) is 0 Å². The van der Waals surface area contributed by atoms with Crippen LogP contribution in [-0.4, -0.2) is 65.8 Å². The molecule has 1 spiro atoms. The van der Waals surface area contributed by atoms with Crippen LogP contribution in [0.5, 0.6) is 5.75 Å². The fourth-order valence-corrected chi connectivity index (χ4v) is 5.76. The van der Waals surface area contributed by atoms with Crippen molar-refractivity contribution in [2.75, 3.05) is 38.2 Å². The molecule has 3 heterocycles. The normalized spacial score (nSPS) is 23.0. The van der Waals surface area contributed by atoms with Gasteiger partial charge in [-0.2, -0.15) is 0 Å². The predicted octanol–water partition coefficient (Wildman–Crippen LogP) is 3.42. The van der Waals surface area contributed by atoms with Crippen molar-refractivity contribution in [1.82, 2.24) is 14.9 Å². The van der Waals surface area contributed by atoms with Gasteiger partial charge in [-0.15, -0.1) is 0 Å². The van der Waals surface area contributed by atoms with Gasteiger partial charge in [0.1, 0.15) is 12.1 Å². The van der Waals surface area contributed by atoms with E-state index in [9.17, 15) is 0 Å². The van der Waals surface area contributed by atoms with Gasteiger partial charge in [0.05, 0.1) is 25.2 Å². The van der Waals surface area contributed by atoms with E-state index in [-0.39, 0.29) is 6.47 Å². The molecule has 31 heavy (non-hydrogen) atoms. The summed E-state index contributed by atoms with van der Waals surface area (Å²) in [5.41, 5.74) is 3.10. The molecule has 0 bridgehead atoms. The van der Waals surface area contributed by atoms with Crippen LogP contribution >= 0.6 is 0 Å². The Morgan fingerprint density at radius 1 is 1.13 bits per heavy atom. The van der Waals surface area contributed by atoms with Gasteiger partial charge in [-0.25, -0.2) is 9.97 Å². The standard InChI is InChI=1S/C23H30N4O.CH2O2/c1-28-22-5-3-2-4-21(22)18-7-10-26(11-8-18)19-6-9-23(12-19)15-27(16-23)20-13-24-17-25-14-20;2-1-3/h2-5,13-14,17-19H,6-12,15-16H2,1H3;1H,(H,2,3). The first-order valence-corrected chi connectivity index (χ1v) is 11.1. The summed E-state index contributed by atoms with van der Waals surface area (Å²) in [6, 6.07) is 9.33. The van der Waals surface area contributed by atoms with Crippen molar-refractivity contribution in [3.05, 3.63) is 48.5 Å². The van der Waals surface area contributed by atoms with Crippen LogP contribution in [0.2, 0.25) is 0 Å². The third kappa shape index (κ3) is 4.66. The van der Waals surface area contributed by atoms with E-state index in [4.69, 9.17) is 14.6 Å². The molecule has 1 aromatic carbocycles. The summed E-state index contributed by atoms with van der Waals surface area (Å²) in [6.07, 6.45) is 12.1. The average Bonchev–Trinajstić information content (AvgIpc) is 3.25. The summed E-state index contributed by atoms with van der Waals surface area (Å²) in [5, 5.41) is 6.89. The van der Waals surface area contributed by atoms with Crippen LogP contribution in [0.15, 0.2) is 43.0 Å². The third-order valence-corrected chi connectivity index (χ3v) is 7.27. The minimum absolute atomic E-state index is 0.250. The van der Waals surface area contributed by atoms with Gasteiger partial charge >= 0.3 is 0 Å². The van der Waals surface area contributed by atoms with E-state index in [1.54, 1.807) is 13.4 Å². The Hall–Kier alpha value is -2.67. The molecular formula is C24H32N4O3. The Balaban J connectivity index is 0.000000730. The molecule has 7 nitrogen and oxygen atoms in total. The van der Waals surface area contributed by atoms with Crippen molar-refractivity contribution in [3.63, 3.8) is 0 Å². The largest absolute Gasteiger partial charge is 0.496 e. The third-order valence-electron chi connectivity index (χ3n) is 7.27. The molecule has 5 rings (SSSR count). The molecule has 3 fully saturated rings. The number of anilines is 1. The number of benzene rings is 1. The molecule has 166 valence electrons. The Bertz CT molecular complexity index is 849. The smallest absolute Gasteiger partial charge is 0.290 e. The van der Waals surface area contributed by atoms with Crippen LogP contribution < -0.4 is 9.64 Å². The first kappa shape index (κ1) is 21.6. The second kappa shape index (κ2) is 9.64. The molecule has 2 aromatic rings. The van der Waals surface area contributed by atoms with Crippen LogP contribution in [0.4, 0.5) is 5.69 Å². The Morgan fingerprint density at radius 3 is 2.48 bits per heavy atom. The van der Waals surface area contributed by atoms with Crippen LogP contribution in [0, 0.1) is 5.41 Å². The molecule has 3 aliphatic rings. The molecule has 1 N–H and O–H groups in total. The number of nitrogens with zero attached hydrogens (tertiary/aromatic N) is 4. The monoisotopic (exact) mass is 424 g/mol. The second-order valence-electron chi connectivity index (χ2n) is 9.01. The van der Waals surface area contributed by atoms with Crippen LogP contribution in [-0.2, 0) is 4.79 Å². The molecule has 0 radical (unpaired) electrons. The van der Waals surface area contributed by atoms with Crippen molar-refractivity contribution in [1.29, 1.82) is 0 Å². The Labute approximate surface area is 184 Å². The summed E-state index contributed by atoms with van der Waals surface area (Å²) < 4.78 is 5.59. The summed E-state index contributed by atoms with van der Waals surface area (Å²) in [7, 11) is 1.79. The van der Waals surface area contributed by atoms with Gasteiger partial charge in [0.2, 0.25) is 0 Å². The Kier molecular flexibility index (Phi) is 6.70. The molecule has 1 aromatic heterocycles. The lowest BCUT2D eigenvalue weighted by Gasteiger charge is -2.50. The van der Waals surface area contributed by atoms with E-state index >= 15 is 0 Å². The fourth-order valence-electron chi connectivity index (χ4n) is 5.76. The molecule has 1 aliphatic carbocycles. The van der Waals surface area contributed by atoms with E-state index in [1.807, 2.05) is 12.4 Å². The number of piperidine rings is 1. The van der Waals surface area contributed by atoms with Crippen molar-refractivity contribution >= 4 is 12.2 Å². The summed E-state index contributed by atoms with van der Waals surface area (Å²) >= 11 is 0. The van der Waals surface area contributed by atoms with Crippen molar-refractivity contribution < 1.29 is 14.6 Å². The van der Waals surface area contributed by atoms with Gasteiger partial charge in [0, 0.05) is 24.5 Å². The van der Waals surface area contributed by atoms with Gasteiger partial charge in [-0.3, -0.25) is 4.79 Å². The van der Waals surface area contributed by atoms with E-state index < -0.39 is 0 Å². The number of likely N-dealkylation sites (tertiary alicyclic amines) is 1. The lowest BCUT2D eigenvalue weighted by atomic mass is 9.77. The zero-order valence-electron chi connectivity index (χ0n) is 18.2. The van der Waals surface area contributed by atoms with Crippen LogP contribution in [0.1, 0.15) is 43.6 Å². The van der Waals surface area contributed by atoms with Crippen LogP contribution in [0.25, 0.3) is 0 Å². The molecule has 0 amide bonds. The van der Waals surface area contributed by atoms with Crippen molar-refractivity contribution in [3.8, 4) is 5.75 Å². The quantitative estimate of drug-likeness (QED) is 0.754. The number of rotatable bonds is 4. The lowest BCUT2D eigenvalue weighted by molar-refractivity contribution is -0.122. The molecule has 2 saturated heterocycles. The second-order valence-corrected chi connectivity index (χ2v) is 9.01. The highest BCUT2D eigenvalue weighted by Gasteiger charge is 2.49. The SMILES string of the molecule is COc1ccccc1C1CCN(C2CCC3(C2)CN(c2cncnc2)C3)CC1.O=CO. The van der Waals surface area contributed by atoms with Gasteiger partial charge in [-0.1, -0.05) is 18.2 Å². The topological polar surface area (TPSA) is 78.8 Å². The number of hydrogen-bond acceptors (Lipinski definition) is 6. The number of carboxylic acid groups (broad SMARTS) is 1. The van der Waals surface area contributed by atoms with E-state index in [2.05, 4.69) is 44.0 Å². The Morgan fingerprint density at radius 2 is 1.81 bits per heavy atom. The first-order chi connectivity index (χ1) is 15.2. The van der Waals surface area contributed by atoms with E-state index in [0.29, 0.717) is 11.3 Å². The average molecular weight is 425 g/mol. The van der Waals surface area contributed by atoms with Gasteiger partial charge in [0.15, 0.2) is 0 Å². The number of methoxy groups -OCH3 is 1. The molecule has 1 unspecified atom stereocenters. The zero-order valence-corrected chi connectivity index (χ0v) is 18.2. The number of aromatic nitrogens is 2. The maximum atomic E-state index is 8.36. The zero-order chi connectivity index (χ0) is 21.7. The van der Waals surface area contributed by atoms with Gasteiger partial charge in [0.25, 0.3) is 6.47 Å². The minimum Gasteiger partial charge on any atom is -0.496 e. The number of hydrogen-bond donors (Lipinski definition) is 1. The number of para-hydroxylation sites is 1. The maximum absolute atomic E-state index is 8.36. The number of carbonyl (C=O) groups is 1. The summed E-state index contributed by atoms with van der Waals surface area (Å²) in [5.74, 6) is 1.69. The highest BCUT2D eigenvalue weighted by Crippen LogP contribution is 2.49. The van der Waals surface area contributed by atoms with E-state index in [1.165, 1.54) is 69.5 Å². The number of ether oxygens (including phenoxy) is 1. The van der Waals surface area contributed by atoms with Crippen molar-refractivity contribution in [2.24, 2.45) is 5.41 Å². The first-order valence-electron chi connectivity index (χ1n) is 11.1. The molecular weight excluding hydrogens is 392 g/mol.